The number of hydrogen-bond acceptors (Lipinski definition) is 3. The fourth-order valence-electron chi connectivity index (χ4n) is 3.13. The molecule has 0 saturated heterocycles. The first kappa shape index (κ1) is 25.8. The van der Waals surface area contributed by atoms with Gasteiger partial charge in [-0.15, -0.1) is 11.5 Å². The van der Waals surface area contributed by atoms with Gasteiger partial charge in [0.2, 0.25) is 0 Å². The van der Waals surface area contributed by atoms with Gasteiger partial charge in [0.15, 0.2) is 0 Å². The smallest absolute Gasteiger partial charge is 0.381 e. The molecule has 0 spiro atoms. The molecule has 8 heteroatoms. The standard InChI is InChI=1S/C21H33F3O3SSi/c1-17(10-8-7-9-15-29(4,5)6)13-14-20(3)16-19(12-11-18(20)2)27-28(25,26)21(22,23)24/h10,12,18H,7-8,11,13-14,16H2,1-6H3/b17-10+/t18-,20-/m1/s1. The third kappa shape index (κ3) is 8.59. The Bertz CT molecular complexity index is 796. The van der Waals surface area contributed by atoms with Gasteiger partial charge in [-0.25, -0.2) is 0 Å². The molecule has 3 nitrogen and oxygen atoms in total. The number of rotatable bonds is 7. The molecule has 1 rings (SSSR count). The molecule has 0 N–H and O–H groups in total. The molecule has 0 bridgehead atoms. The molecule has 0 fully saturated rings. The molecule has 0 amide bonds. The molecule has 1 aliphatic rings. The zero-order valence-electron chi connectivity index (χ0n) is 18.2. The second-order valence-corrected chi connectivity index (χ2v) is 15.5. The molecule has 0 unspecified atom stereocenters. The average Bonchev–Trinajstić information content (AvgIpc) is 2.54. The highest BCUT2D eigenvalue weighted by atomic mass is 32.2. The van der Waals surface area contributed by atoms with Crippen LogP contribution in [0.5, 0.6) is 0 Å². The van der Waals surface area contributed by atoms with Crippen LogP contribution in [0, 0.1) is 22.8 Å². The van der Waals surface area contributed by atoms with Gasteiger partial charge in [-0.05, 0) is 50.0 Å². The SMILES string of the molecule is C/C(=C\CCC#C[Si](C)(C)C)CC[C@]1(C)CC(OS(=O)(=O)C(F)(F)F)=CC[C@H]1C. The minimum atomic E-state index is -5.61. The summed E-state index contributed by atoms with van der Waals surface area (Å²) in [6, 6.07) is 0. The van der Waals surface area contributed by atoms with Crippen molar-refractivity contribution >= 4 is 18.2 Å². The summed E-state index contributed by atoms with van der Waals surface area (Å²) in [5, 5.41) is 0. The molecular formula is C21H33F3O3SSi. The number of alkyl halides is 3. The lowest BCUT2D eigenvalue weighted by Gasteiger charge is -2.39. The average molecular weight is 451 g/mol. The van der Waals surface area contributed by atoms with Crippen LogP contribution in [-0.4, -0.2) is 22.0 Å². The van der Waals surface area contributed by atoms with Crippen molar-refractivity contribution in [1.29, 1.82) is 0 Å². The summed E-state index contributed by atoms with van der Waals surface area (Å²) in [5.74, 6) is 3.35. The Morgan fingerprint density at radius 2 is 2.00 bits per heavy atom. The van der Waals surface area contributed by atoms with E-state index < -0.39 is 23.7 Å². The topological polar surface area (TPSA) is 43.4 Å². The summed E-state index contributed by atoms with van der Waals surface area (Å²) in [4.78, 5) is 0. The highest BCUT2D eigenvalue weighted by Crippen LogP contribution is 2.46. The van der Waals surface area contributed by atoms with Crippen molar-refractivity contribution in [3.63, 3.8) is 0 Å². The van der Waals surface area contributed by atoms with Crippen LogP contribution in [0.1, 0.15) is 59.3 Å². The zero-order valence-corrected chi connectivity index (χ0v) is 20.1. The molecule has 0 radical (unpaired) electrons. The Morgan fingerprint density at radius 1 is 1.38 bits per heavy atom. The predicted molar refractivity (Wildman–Crippen MR) is 114 cm³/mol. The first-order valence-corrected chi connectivity index (χ1v) is 14.8. The van der Waals surface area contributed by atoms with Crippen molar-refractivity contribution in [3.05, 3.63) is 23.5 Å². The highest BCUT2D eigenvalue weighted by molar-refractivity contribution is 7.87. The fraction of sp³-hybridized carbons (Fsp3) is 0.714. The Kier molecular flexibility index (Phi) is 8.67. The number of allylic oxidation sites excluding steroid dienone is 4. The Balaban J connectivity index is 2.67. The third-order valence-corrected chi connectivity index (χ3v) is 7.21. The van der Waals surface area contributed by atoms with Crippen LogP contribution in [0.15, 0.2) is 23.5 Å². The molecule has 29 heavy (non-hydrogen) atoms. The van der Waals surface area contributed by atoms with Crippen LogP contribution in [0.25, 0.3) is 0 Å². The van der Waals surface area contributed by atoms with Gasteiger partial charge in [-0.1, -0.05) is 45.1 Å². The van der Waals surface area contributed by atoms with E-state index in [1.807, 2.05) is 20.8 Å². The van der Waals surface area contributed by atoms with E-state index in [-0.39, 0.29) is 23.5 Å². The van der Waals surface area contributed by atoms with E-state index in [1.54, 1.807) is 0 Å². The maximum Gasteiger partial charge on any atom is 0.534 e. The van der Waals surface area contributed by atoms with Crippen LogP contribution in [0.4, 0.5) is 13.2 Å². The summed E-state index contributed by atoms with van der Waals surface area (Å²) < 4.78 is 64.8. The largest absolute Gasteiger partial charge is 0.534 e. The highest BCUT2D eigenvalue weighted by Gasteiger charge is 2.49. The van der Waals surface area contributed by atoms with Crippen molar-refractivity contribution in [2.45, 2.75) is 84.4 Å². The lowest BCUT2D eigenvalue weighted by atomic mass is 9.67. The van der Waals surface area contributed by atoms with E-state index in [0.717, 1.165) is 25.7 Å². The number of hydrogen-bond donors (Lipinski definition) is 0. The van der Waals surface area contributed by atoms with Crippen molar-refractivity contribution in [2.24, 2.45) is 11.3 Å². The maximum absolute atomic E-state index is 12.6. The molecule has 0 aliphatic heterocycles. The Labute approximate surface area is 174 Å². The first-order valence-electron chi connectivity index (χ1n) is 9.91. The van der Waals surface area contributed by atoms with Gasteiger partial charge in [0, 0.05) is 12.8 Å². The van der Waals surface area contributed by atoms with E-state index in [4.69, 9.17) is 0 Å². The second-order valence-electron chi connectivity index (χ2n) is 9.26. The van der Waals surface area contributed by atoms with E-state index in [0.29, 0.717) is 6.42 Å². The van der Waals surface area contributed by atoms with Crippen molar-refractivity contribution in [3.8, 4) is 11.5 Å². The normalized spacial score (nSPS) is 23.8. The summed E-state index contributed by atoms with van der Waals surface area (Å²) in [5.41, 5.74) is -1.18. The zero-order chi connectivity index (χ0) is 22.5. The van der Waals surface area contributed by atoms with Crippen molar-refractivity contribution < 1.29 is 25.8 Å². The van der Waals surface area contributed by atoms with Gasteiger partial charge < -0.3 is 4.18 Å². The molecular weight excluding hydrogens is 417 g/mol. The van der Waals surface area contributed by atoms with E-state index in [1.165, 1.54) is 11.6 Å². The van der Waals surface area contributed by atoms with E-state index >= 15 is 0 Å². The van der Waals surface area contributed by atoms with Gasteiger partial charge in [0.05, 0.1) is 0 Å². The first-order chi connectivity index (χ1) is 13.1. The van der Waals surface area contributed by atoms with Gasteiger partial charge in [0.1, 0.15) is 13.8 Å². The van der Waals surface area contributed by atoms with Crippen LogP contribution >= 0.6 is 0 Å². The molecule has 0 aromatic rings. The summed E-state index contributed by atoms with van der Waals surface area (Å²) in [6.45, 7) is 12.7. The van der Waals surface area contributed by atoms with Crippen molar-refractivity contribution in [1.82, 2.24) is 0 Å². The third-order valence-electron chi connectivity index (χ3n) is 5.28. The monoisotopic (exact) mass is 450 g/mol. The summed E-state index contributed by atoms with van der Waals surface area (Å²) in [7, 11) is -6.95. The van der Waals surface area contributed by atoms with Crippen molar-refractivity contribution in [2.75, 3.05) is 0 Å². The van der Waals surface area contributed by atoms with E-state index in [9.17, 15) is 21.6 Å². The summed E-state index contributed by atoms with van der Waals surface area (Å²) in [6.07, 6.45) is 7.57. The number of unbranched alkanes of at least 4 members (excludes halogenated alkanes) is 1. The molecule has 0 heterocycles. The Hall–Kier alpha value is -1.20. The minimum absolute atomic E-state index is 0.105. The molecule has 0 aromatic carbocycles. The van der Waals surface area contributed by atoms with E-state index in [2.05, 4.69) is 41.4 Å². The van der Waals surface area contributed by atoms with Gasteiger partial charge >= 0.3 is 15.6 Å². The Morgan fingerprint density at radius 3 is 2.55 bits per heavy atom. The second kappa shape index (κ2) is 9.74. The molecule has 1 aliphatic carbocycles. The van der Waals surface area contributed by atoms with Crippen LogP contribution < -0.4 is 0 Å². The van der Waals surface area contributed by atoms with Gasteiger partial charge in [-0.2, -0.15) is 21.6 Å². The summed E-state index contributed by atoms with van der Waals surface area (Å²) >= 11 is 0. The quantitative estimate of drug-likeness (QED) is 0.110. The van der Waals surface area contributed by atoms with Crippen LogP contribution in [-0.2, 0) is 14.3 Å². The van der Waals surface area contributed by atoms with Gasteiger partial charge in [-0.3, -0.25) is 0 Å². The molecule has 166 valence electrons. The molecule has 0 saturated carbocycles. The molecule has 2 atom stereocenters. The number of halogens is 3. The predicted octanol–water partition coefficient (Wildman–Crippen LogP) is 6.56. The van der Waals surface area contributed by atoms with Crippen LogP contribution in [0.2, 0.25) is 19.6 Å². The minimum Gasteiger partial charge on any atom is -0.381 e. The van der Waals surface area contributed by atoms with Crippen LogP contribution in [0.3, 0.4) is 0 Å². The lowest BCUT2D eigenvalue weighted by Crippen LogP contribution is -2.32. The maximum atomic E-state index is 12.6. The lowest BCUT2D eigenvalue weighted by molar-refractivity contribution is -0.0529. The fourth-order valence-corrected chi connectivity index (χ4v) is 4.29. The van der Waals surface area contributed by atoms with Gasteiger partial charge in [0.25, 0.3) is 0 Å². The molecule has 0 aromatic heterocycles.